The Kier molecular flexibility index (Phi) is 3.67. The van der Waals surface area contributed by atoms with E-state index in [1.807, 2.05) is 17.5 Å². The minimum Gasteiger partial charge on any atom is -0.323 e. The van der Waals surface area contributed by atoms with E-state index in [1.54, 1.807) is 12.3 Å². The lowest BCUT2D eigenvalue weighted by Crippen LogP contribution is -2.49. The number of piperidine rings is 1. The summed E-state index contributed by atoms with van der Waals surface area (Å²) in [5.41, 5.74) is 1.58. The number of nitrogens with zero attached hydrogens (tertiary/aromatic N) is 2. The van der Waals surface area contributed by atoms with Gasteiger partial charge >= 0.3 is 0 Å². The predicted octanol–water partition coefficient (Wildman–Crippen LogP) is 2.71. The SMILES string of the molecule is O=C1Nc2ccc(Cl)cc2C(c2nccs2)=NC12CCNCC2. The van der Waals surface area contributed by atoms with E-state index in [4.69, 9.17) is 16.6 Å². The molecular weight excluding hydrogens is 332 g/mol. The zero-order valence-electron chi connectivity index (χ0n) is 12.3. The molecule has 1 aromatic heterocycles. The van der Waals surface area contributed by atoms with Crippen LogP contribution in [0.5, 0.6) is 0 Å². The van der Waals surface area contributed by atoms with Crippen molar-refractivity contribution in [2.45, 2.75) is 18.4 Å². The normalized spacial score (nSPS) is 19.7. The van der Waals surface area contributed by atoms with E-state index < -0.39 is 5.54 Å². The molecule has 3 heterocycles. The standard InChI is InChI=1S/C16H15ClN4OS/c17-10-1-2-12-11(9-10)13(14-19-7-8-23-14)21-16(15(22)20-12)3-5-18-6-4-16/h1-2,7-9,18H,3-6H2,(H,20,22). The zero-order chi connectivity index (χ0) is 15.9. The van der Waals surface area contributed by atoms with Crippen LogP contribution in [0, 0.1) is 0 Å². The molecule has 1 fully saturated rings. The fraction of sp³-hybridized carbons (Fsp3) is 0.312. The van der Waals surface area contributed by atoms with Crippen LogP contribution in [0.2, 0.25) is 5.02 Å². The van der Waals surface area contributed by atoms with Crippen LogP contribution in [0.25, 0.3) is 0 Å². The van der Waals surface area contributed by atoms with Crippen LogP contribution in [0.15, 0.2) is 34.8 Å². The van der Waals surface area contributed by atoms with Gasteiger partial charge < -0.3 is 10.6 Å². The molecule has 1 spiro atoms. The first-order valence-corrected chi connectivity index (χ1v) is 8.76. The van der Waals surface area contributed by atoms with Gasteiger partial charge in [0.1, 0.15) is 16.3 Å². The molecule has 0 bridgehead atoms. The molecule has 0 aliphatic carbocycles. The highest BCUT2D eigenvalue weighted by Crippen LogP contribution is 2.34. The molecule has 2 N–H and O–H groups in total. The van der Waals surface area contributed by atoms with Gasteiger partial charge in [0.05, 0.1) is 5.69 Å². The van der Waals surface area contributed by atoms with Gasteiger partial charge in [-0.05, 0) is 44.1 Å². The molecule has 4 rings (SSSR count). The van der Waals surface area contributed by atoms with Crippen molar-refractivity contribution in [1.82, 2.24) is 10.3 Å². The second kappa shape index (κ2) is 5.70. The average Bonchev–Trinajstić information content (AvgIpc) is 3.06. The van der Waals surface area contributed by atoms with E-state index >= 15 is 0 Å². The number of amides is 1. The summed E-state index contributed by atoms with van der Waals surface area (Å²) in [4.78, 5) is 22.2. The van der Waals surface area contributed by atoms with Crippen molar-refractivity contribution in [3.05, 3.63) is 45.4 Å². The molecule has 1 amide bonds. The third kappa shape index (κ3) is 2.56. The van der Waals surface area contributed by atoms with Crippen molar-refractivity contribution in [2.75, 3.05) is 18.4 Å². The molecule has 1 saturated heterocycles. The average molecular weight is 347 g/mol. The van der Waals surface area contributed by atoms with Crippen molar-refractivity contribution in [3.8, 4) is 0 Å². The van der Waals surface area contributed by atoms with Gasteiger partial charge in [-0.15, -0.1) is 11.3 Å². The number of benzene rings is 1. The van der Waals surface area contributed by atoms with Gasteiger partial charge in [0, 0.05) is 22.2 Å². The zero-order valence-corrected chi connectivity index (χ0v) is 13.9. The van der Waals surface area contributed by atoms with E-state index in [-0.39, 0.29) is 5.91 Å². The van der Waals surface area contributed by atoms with Crippen molar-refractivity contribution < 1.29 is 4.79 Å². The second-order valence-electron chi connectivity index (χ2n) is 5.72. The Morgan fingerprint density at radius 1 is 1.26 bits per heavy atom. The van der Waals surface area contributed by atoms with Crippen LogP contribution >= 0.6 is 22.9 Å². The predicted molar refractivity (Wildman–Crippen MR) is 92.7 cm³/mol. The smallest absolute Gasteiger partial charge is 0.252 e. The number of aromatic nitrogens is 1. The van der Waals surface area contributed by atoms with E-state index in [9.17, 15) is 4.79 Å². The molecule has 2 aliphatic rings. The highest BCUT2D eigenvalue weighted by molar-refractivity contribution is 7.12. The maximum atomic E-state index is 12.9. The first-order chi connectivity index (χ1) is 11.2. The number of rotatable bonds is 1. The summed E-state index contributed by atoms with van der Waals surface area (Å²) >= 11 is 7.69. The van der Waals surface area contributed by atoms with Crippen molar-refractivity contribution in [2.24, 2.45) is 4.99 Å². The molecule has 0 atom stereocenters. The van der Waals surface area contributed by atoms with Crippen molar-refractivity contribution >= 4 is 40.2 Å². The summed E-state index contributed by atoms with van der Waals surface area (Å²) in [6.07, 6.45) is 3.10. The summed E-state index contributed by atoms with van der Waals surface area (Å²) in [6.45, 7) is 1.55. The fourth-order valence-electron chi connectivity index (χ4n) is 3.07. The summed E-state index contributed by atoms with van der Waals surface area (Å²) in [7, 11) is 0. The molecule has 0 unspecified atom stereocenters. The van der Waals surface area contributed by atoms with Gasteiger partial charge in [0.25, 0.3) is 5.91 Å². The molecule has 7 heteroatoms. The molecular formula is C16H15ClN4OS. The Bertz CT molecular complexity index is 781. The highest BCUT2D eigenvalue weighted by atomic mass is 35.5. The Morgan fingerprint density at radius 2 is 2.09 bits per heavy atom. The third-order valence-electron chi connectivity index (χ3n) is 4.30. The van der Waals surface area contributed by atoms with Crippen LogP contribution in [-0.2, 0) is 4.79 Å². The number of nitrogens with one attached hydrogen (secondary N) is 2. The van der Waals surface area contributed by atoms with Crippen LogP contribution < -0.4 is 10.6 Å². The summed E-state index contributed by atoms with van der Waals surface area (Å²) in [5, 5.41) is 9.67. The molecule has 0 radical (unpaired) electrons. The maximum absolute atomic E-state index is 12.9. The Hall–Kier alpha value is -1.76. The number of aliphatic imine (C=N–C) groups is 1. The largest absolute Gasteiger partial charge is 0.323 e. The lowest BCUT2D eigenvalue weighted by atomic mass is 9.88. The lowest BCUT2D eigenvalue weighted by molar-refractivity contribution is -0.121. The molecule has 1 aromatic carbocycles. The Morgan fingerprint density at radius 3 is 2.83 bits per heavy atom. The van der Waals surface area contributed by atoms with E-state index in [0.717, 1.165) is 35.1 Å². The topological polar surface area (TPSA) is 66.4 Å². The highest BCUT2D eigenvalue weighted by Gasteiger charge is 2.42. The van der Waals surface area contributed by atoms with Crippen LogP contribution in [0.3, 0.4) is 0 Å². The number of carbonyl (C=O) groups excluding carboxylic acids is 1. The van der Waals surface area contributed by atoms with Crippen LogP contribution in [0.4, 0.5) is 5.69 Å². The van der Waals surface area contributed by atoms with Gasteiger partial charge in [-0.1, -0.05) is 11.6 Å². The van der Waals surface area contributed by atoms with Gasteiger partial charge in [-0.25, -0.2) is 4.98 Å². The summed E-state index contributed by atoms with van der Waals surface area (Å²) in [5.74, 6) is -0.0471. The molecule has 118 valence electrons. The Labute approximate surface area is 142 Å². The first-order valence-electron chi connectivity index (χ1n) is 7.50. The second-order valence-corrected chi connectivity index (χ2v) is 7.05. The van der Waals surface area contributed by atoms with E-state index in [2.05, 4.69) is 15.6 Å². The number of hydrogen-bond donors (Lipinski definition) is 2. The van der Waals surface area contributed by atoms with Crippen molar-refractivity contribution in [1.29, 1.82) is 0 Å². The first kappa shape index (κ1) is 14.8. The minimum atomic E-state index is -0.738. The lowest BCUT2D eigenvalue weighted by Gasteiger charge is -2.31. The summed E-state index contributed by atoms with van der Waals surface area (Å²) in [6, 6.07) is 5.46. The number of hydrogen-bond acceptors (Lipinski definition) is 5. The maximum Gasteiger partial charge on any atom is 0.252 e. The van der Waals surface area contributed by atoms with E-state index in [1.165, 1.54) is 11.3 Å². The number of anilines is 1. The summed E-state index contributed by atoms with van der Waals surface area (Å²) < 4.78 is 0. The monoisotopic (exact) mass is 346 g/mol. The van der Waals surface area contributed by atoms with Gasteiger partial charge in [-0.3, -0.25) is 9.79 Å². The molecule has 2 aliphatic heterocycles. The van der Waals surface area contributed by atoms with Gasteiger partial charge in [0.15, 0.2) is 0 Å². The van der Waals surface area contributed by atoms with Crippen molar-refractivity contribution in [3.63, 3.8) is 0 Å². The minimum absolute atomic E-state index is 0.0471. The molecule has 0 saturated carbocycles. The third-order valence-corrected chi connectivity index (χ3v) is 5.31. The van der Waals surface area contributed by atoms with Crippen LogP contribution in [-0.4, -0.2) is 35.2 Å². The quantitative estimate of drug-likeness (QED) is 0.834. The number of carbonyl (C=O) groups is 1. The molecule has 5 nitrogen and oxygen atoms in total. The van der Waals surface area contributed by atoms with E-state index in [0.29, 0.717) is 17.9 Å². The number of fused-ring (bicyclic) bond motifs is 1. The van der Waals surface area contributed by atoms with Crippen LogP contribution in [0.1, 0.15) is 23.4 Å². The molecule has 2 aromatic rings. The number of thiazole rings is 1. The fourth-order valence-corrected chi connectivity index (χ4v) is 3.88. The number of halogens is 1. The molecule has 23 heavy (non-hydrogen) atoms. The Balaban J connectivity index is 1.94. The van der Waals surface area contributed by atoms with Gasteiger partial charge in [-0.2, -0.15) is 0 Å². The van der Waals surface area contributed by atoms with Gasteiger partial charge in [0.2, 0.25) is 0 Å².